The Morgan fingerprint density at radius 2 is 0.833 bits per heavy atom. The summed E-state index contributed by atoms with van der Waals surface area (Å²) >= 11 is 0. The maximum absolute atomic E-state index is 15.8. The largest absolute Gasteiger partial charge is 0.456 e. The minimum atomic E-state index is -0.319. The maximum atomic E-state index is 15.8. The van der Waals surface area contributed by atoms with Gasteiger partial charge in [-0.1, -0.05) is 119 Å². The monoisotopic (exact) mass is 717 g/mol. The Hall–Kier alpha value is -5.16. The van der Waals surface area contributed by atoms with Gasteiger partial charge in [0.1, 0.15) is 17.0 Å². The molecule has 0 bridgehead atoms. The third kappa shape index (κ3) is 7.33. The highest BCUT2D eigenvalue weighted by molar-refractivity contribution is 6.06. The van der Waals surface area contributed by atoms with E-state index in [2.05, 4.69) is 119 Å². The van der Waals surface area contributed by atoms with Gasteiger partial charge in [-0.2, -0.15) is 0 Å². The molecule has 0 amide bonds. The molecule has 276 valence electrons. The van der Waals surface area contributed by atoms with Crippen molar-refractivity contribution in [3.8, 4) is 45.3 Å². The Balaban J connectivity index is 1.48. The van der Waals surface area contributed by atoms with Crippen LogP contribution in [0.1, 0.15) is 105 Å². The summed E-state index contributed by atoms with van der Waals surface area (Å²) in [5.41, 5.74) is 9.84. The lowest BCUT2D eigenvalue weighted by molar-refractivity contribution is 0.568. The van der Waals surface area contributed by atoms with Gasteiger partial charge in [0.2, 0.25) is 0 Å². The predicted molar refractivity (Wildman–Crippen MR) is 224 cm³/mol. The van der Waals surface area contributed by atoms with Crippen LogP contribution in [0.2, 0.25) is 0 Å². The normalized spacial score (nSPS) is 12.9. The molecule has 7 aromatic rings. The summed E-state index contributed by atoms with van der Waals surface area (Å²) in [7, 11) is 0. The zero-order valence-electron chi connectivity index (χ0n) is 33.9. The minimum absolute atomic E-state index is 0.0926. The van der Waals surface area contributed by atoms with E-state index < -0.39 is 0 Å². The zero-order valence-corrected chi connectivity index (χ0v) is 33.9. The van der Waals surface area contributed by atoms with E-state index in [-0.39, 0.29) is 27.5 Å². The van der Waals surface area contributed by atoms with E-state index in [1.807, 2.05) is 48.5 Å². The number of halogens is 1. The van der Waals surface area contributed by atoms with E-state index in [0.29, 0.717) is 28.6 Å². The highest BCUT2D eigenvalue weighted by atomic mass is 19.1. The summed E-state index contributed by atoms with van der Waals surface area (Å²) in [5.74, 6) is 1.34. The van der Waals surface area contributed by atoms with Crippen LogP contribution in [0.3, 0.4) is 0 Å². The van der Waals surface area contributed by atoms with Gasteiger partial charge in [-0.25, -0.2) is 19.3 Å². The second-order valence-electron chi connectivity index (χ2n) is 18.9. The lowest BCUT2D eigenvalue weighted by atomic mass is 9.79. The summed E-state index contributed by atoms with van der Waals surface area (Å²) in [6.07, 6.45) is 0. The fourth-order valence-electron chi connectivity index (χ4n) is 6.79. The van der Waals surface area contributed by atoms with Crippen LogP contribution in [0, 0.1) is 5.82 Å². The molecule has 0 fully saturated rings. The van der Waals surface area contributed by atoms with Crippen molar-refractivity contribution in [2.24, 2.45) is 0 Å². The third-order valence-corrected chi connectivity index (χ3v) is 10.4. The van der Waals surface area contributed by atoms with Crippen molar-refractivity contribution in [2.45, 2.75) is 105 Å². The molecule has 5 aromatic carbocycles. The molecule has 0 saturated heterocycles. The second kappa shape index (κ2) is 13.0. The van der Waals surface area contributed by atoms with E-state index >= 15 is 4.39 Å². The van der Waals surface area contributed by atoms with Crippen LogP contribution >= 0.6 is 0 Å². The van der Waals surface area contributed by atoms with E-state index in [9.17, 15) is 0 Å². The minimum Gasteiger partial charge on any atom is -0.456 e. The molecule has 0 atom stereocenters. The Morgan fingerprint density at radius 3 is 1.31 bits per heavy atom. The Morgan fingerprint density at radius 1 is 0.407 bits per heavy atom. The number of rotatable bonds is 4. The standard InChI is InChI=1S/C49H52FN3O/c1-46(2,3)33-21-31(22-34(27-33)47(4,5)6)44-51-43(52-45(53-44)32-23-35(48(7,8)9)28-36(24-32)49(10,11)12)30-17-19-40(50)38(26-30)29-18-20-42-39(25-29)37-15-13-14-16-41(37)54-42/h13-28H,1-12H3. The predicted octanol–water partition coefficient (Wildman–Crippen LogP) is 13.8. The van der Waals surface area contributed by atoms with Gasteiger partial charge in [0.25, 0.3) is 0 Å². The van der Waals surface area contributed by atoms with E-state index in [0.717, 1.165) is 38.6 Å². The molecular weight excluding hydrogens is 666 g/mol. The molecule has 5 heteroatoms. The van der Waals surface area contributed by atoms with Gasteiger partial charge in [0, 0.05) is 33.0 Å². The summed E-state index contributed by atoms with van der Waals surface area (Å²) < 4.78 is 21.9. The molecule has 2 heterocycles. The van der Waals surface area contributed by atoms with Gasteiger partial charge < -0.3 is 4.42 Å². The molecule has 0 saturated carbocycles. The lowest BCUT2D eigenvalue weighted by Crippen LogP contribution is -2.17. The zero-order chi connectivity index (χ0) is 39.0. The molecule has 0 aliphatic heterocycles. The van der Waals surface area contributed by atoms with Crippen molar-refractivity contribution in [1.82, 2.24) is 15.0 Å². The fourth-order valence-corrected chi connectivity index (χ4v) is 6.79. The van der Waals surface area contributed by atoms with Crippen LogP contribution in [0.25, 0.3) is 67.2 Å². The van der Waals surface area contributed by atoms with Crippen LogP contribution in [0.5, 0.6) is 0 Å². The van der Waals surface area contributed by atoms with Crippen LogP contribution < -0.4 is 0 Å². The van der Waals surface area contributed by atoms with E-state index in [1.54, 1.807) is 6.07 Å². The van der Waals surface area contributed by atoms with Crippen molar-refractivity contribution >= 4 is 21.9 Å². The van der Waals surface area contributed by atoms with Gasteiger partial charge >= 0.3 is 0 Å². The molecule has 0 unspecified atom stereocenters. The Labute approximate surface area is 319 Å². The molecule has 0 aliphatic rings. The van der Waals surface area contributed by atoms with Gasteiger partial charge in [-0.05, 0) is 110 Å². The number of benzene rings is 5. The molecule has 7 rings (SSSR count). The molecule has 4 nitrogen and oxygen atoms in total. The quantitative estimate of drug-likeness (QED) is 0.182. The molecule has 0 aliphatic carbocycles. The summed E-state index contributed by atoms with van der Waals surface area (Å²) in [5, 5.41) is 1.94. The number of hydrogen-bond donors (Lipinski definition) is 0. The molecule has 0 N–H and O–H groups in total. The summed E-state index contributed by atoms with van der Waals surface area (Å²) in [6, 6.07) is 32.4. The lowest BCUT2D eigenvalue weighted by Gasteiger charge is -2.26. The van der Waals surface area contributed by atoms with Crippen LogP contribution in [0.4, 0.5) is 4.39 Å². The third-order valence-electron chi connectivity index (χ3n) is 10.4. The fraction of sp³-hybridized carbons (Fsp3) is 0.327. The van der Waals surface area contributed by atoms with Crippen LogP contribution in [0.15, 0.2) is 101 Å². The number of hydrogen-bond acceptors (Lipinski definition) is 4. The van der Waals surface area contributed by atoms with Crippen LogP contribution in [-0.2, 0) is 21.7 Å². The van der Waals surface area contributed by atoms with Crippen molar-refractivity contribution in [3.05, 3.63) is 125 Å². The van der Waals surface area contributed by atoms with E-state index in [1.165, 1.54) is 28.3 Å². The first-order chi connectivity index (χ1) is 25.1. The van der Waals surface area contributed by atoms with Gasteiger partial charge in [-0.3, -0.25) is 0 Å². The van der Waals surface area contributed by atoms with Crippen molar-refractivity contribution in [3.63, 3.8) is 0 Å². The number of para-hydroxylation sites is 1. The SMILES string of the molecule is CC(C)(C)c1cc(-c2nc(-c3cc(C(C)(C)C)cc(C(C)(C)C)c3)nc(-c3ccc(F)c(-c4ccc5oc6ccccc6c5c4)c3)n2)cc(C(C)(C)C)c1. The number of fused-ring (bicyclic) bond motifs is 3. The topological polar surface area (TPSA) is 51.8 Å². The summed E-state index contributed by atoms with van der Waals surface area (Å²) in [6.45, 7) is 26.8. The first kappa shape index (κ1) is 37.2. The Bertz CT molecular complexity index is 2390. The molecule has 2 aromatic heterocycles. The van der Waals surface area contributed by atoms with E-state index in [4.69, 9.17) is 19.4 Å². The number of nitrogens with zero attached hydrogens (tertiary/aromatic N) is 3. The highest BCUT2D eigenvalue weighted by Gasteiger charge is 2.25. The van der Waals surface area contributed by atoms with Crippen molar-refractivity contribution in [2.75, 3.05) is 0 Å². The first-order valence-corrected chi connectivity index (χ1v) is 19.0. The smallest absolute Gasteiger partial charge is 0.164 e. The maximum Gasteiger partial charge on any atom is 0.164 e. The summed E-state index contributed by atoms with van der Waals surface area (Å²) in [4.78, 5) is 15.6. The highest BCUT2D eigenvalue weighted by Crippen LogP contribution is 2.38. The average molecular weight is 718 g/mol. The number of furan rings is 1. The number of aromatic nitrogens is 3. The van der Waals surface area contributed by atoms with Crippen molar-refractivity contribution in [1.29, 1.82) is 0 Å². The van der Waals surface area contributed by atoms with Crippen LogP contribution in [-0.4, -0.2) is 15.0 Å². The molecule has 0 spiro atoms. The molecule has 0 radical (unpaired) electrons. The van der Waals surface area contributed by atoms with Gasteiger partial charge in [-0.15, -0.1) is 0 Å². The van der Waals surface area contributed by atoms with Gasteiger partial charge in [0.15, 0.2) is 17.5 Å². The van der Waals surface area contributed by atoms with Crippen molar-refractivity contribution < 1.29 is 8.81 Å². The average Bonchev–Trinajstić information content (AvgIpc) is 3.48. The van der Waals surface area contributed by atoms with Gasteiger partial charge in [0.05, 0.1) is 0 Å². The molecular formula is C49H52FN3O. The Kier molecular flexibility index (Phi) is 8.95. The second-order valence-corrected chi connectivity index (χ2v) is 18.9. The molecule has 54 heavy (non-hydrogen) atoms. The first-order valence-electron chi connectivity index (χ1n) is 19.0.